The SMILES string of the molecule is CC1CCN(c2ccc(C(C)NC(=O)COc3ccccc3C(C)(C)C)cc2)CC1. The summed E-state index contributed by atoms with van der Waals surface area (Å²) in [6.07, 6.45) is 2.51. The summed E-state index contributed by atoms with van der Waals surface area (Å²) >= 11 is 0. The van der Waals surface area contributed by atoms with Crippen molar-refractivity contribution in [1.82, 2.24) is 5.32 Å². The van der Waals surface area contributed by atoms with E-state index >= 15 is 0 Å². The number of nitrogens with one attached hydrogen (secondary N) is 1. The highest BCUT2D eigenvalue weighted by Gasteiger charge is 2.20. The van der Waals surface area contributed by atoms with Crippen LogP contribution < -0.4 is 15.0 Å². The van der Waals surface area contributed by atoms with Gasteiger partial charge in [0.15, 0.2) is 6.61 Å². The molecule has 2 aromatic carbocycles. The monoisotopic (exact) mass is 408 g/mol. The first kappa shape index (κ1) is 22.2. The van der Waals surface area contributed by atoms with Crippen LogP contribution in [0.1, 0.15) is 64.6 Å². The Morgan fingerprint density at radius 2 is 1.73 bits per heavy atom. The van der Waals surface area contributed by atoms with Crippen molar-refractivity contribution in [2.75, 3.05) is 24.6 Å². The summed E-state index contributed by atoms with van der Waals surface area (Å²) in [6, 6.07) is 16.4. The second-order valence-corrected chi connectivity index (χ2v) is 9.59. The van der Waals surface area contributed by atoms with E-state index in [9.17, 15) is 4.79 Å². The Balaban J connectivity index is 1.53. The Kier molecular flexibility index (Phi) is 7.06. The number of anilines is 1. The molecule has 0 spiro atoms. The van der Waals surface area contributed by atoms with Crippen molar-refractivity contribution in [3.8, 4) is 5.75 Å². The highest BCUT2D eigenvalue weighted by atomic mass is 16.5. The predicted molar refractivity (Wildman–Crippen MR) is 124 cm³/mol. The van der Waals surface area contributed by atoms with E-state index in [0.717, 1.165) is 35.9 Å². The Labute approximate surface area is 181 Å². The number of ether oxygens (including phenoxy) is 1. The summed E-state index contributed by atoms with van der Waals surface area (Å²) in [5.74, 6) is 1.49. The minimum atomic E-state index is -0.111. The largest absolute Gasteiger partial charge is 0.483 e. The number of carbonyl (C=O) groups is 1. The highest BCUT2D eigenvalue weighted by molar-refractivity contribution is 5.78. The lowest BCUT2D eigenvalue weighted by Crippen LogP contribution is -2.33. The van der Waals surface area contributed by atoms with Gasteiger partial charge in [0.25, 0.3) is 5.91 Å². The first-order valence-electron chi connectivity index (χ1n) is 11.1. The average molecular weight is 409 g/mol. The van der Waals surface area contributed by atoms with E-state index in [1.165, 1.54) is 18.5 Å². The maximum absolute atomic E-state index is 12.5. The van der Waals surface area contributed by atoms with Gasteiger partial charge in [0.2, 0.25) is 0 Å². The van der Waals surface area contributed by atoms with Gasteiger partial charge in [-0.05, 0) is 60.4 Å². The van der Waals surface area contributed by atoms with E-state index in [2.05, 4.69) is 68.2 Å². The van der Waals surface area contributed by atoms with Crippen LogP contribution in [0.2, 0.25) is 0 Å². The summed E-state index contributed by atoms with van der Waals surface area (Å²) in [6.45, 7) is 13.0. The molecule has 30 heavy (non-hydrogen) atoms. The lowest BCUT2D eigenvalue weighted by molar-refractivity contribution is -0.123. The molecule has 162 valence electrons. The van der Waals surface area contributed by atoms with Gasteiger partial charge in [-0.3, -0.25) is 4.79 Å². The van der Waals surface area contributed by atoms with Crippen LogP contribution in [0.5, 0.6) is 5.75 Å². The van der Waals surface area contributed by atoms with Crippen LogP contribution in [0.25, 0.3) is 0 Å². The van der Waals surface area contributed by atoms with Crippen molar-refractivity contribution in [3.63, 3.8) is 0 Å². The van der Waals surface area contributed by atoms with Gasteiger partial charge >= 0.3 is 0 Å². The second-order valence-electron chi connectivity index (χ2n) is 9.59. The molecule has 1 atom stereocenters. The lowest BCUT2D eigenvalue weighted by atomic mass is 9.86. The van der Waals surface area contributed by atoms with Crippen LogP contribution in [0.4, 0.5) is 5.69 Å². The van der Waals surface area contributed by atoms with Gasteiger partial charge in [0, 0.05) is 18.8 Å². The zero-order valence-corrected chi connectivity index (χ0v) is 19.1. The molecular formula is C26H36N2O2. The quantitative estimate of drug-likeness (QED) is 0.688. The molecule has 1 unspecified atom stereocenters. The standard InChI is InChI=1S/C26H36N2O2/c1-19-14-16-28(17-15-19)22-12-10-21(11-13-22)20(2)27-25(29)18-30-24-9-7-6-8-23(24)26(3,4)5/h6-13,19-20H,14-18H2,1-5H3,(H,27,29). The van der Waals surface area contributed by atoms with Crippen molar-refractivity contribution < 1.29 is 9.53 Å². The second kappa shape index (κ2) is 9.55. The molecule has 0 bridgehead atoms. The molecule has 0 radical (unpaired) electrons. The van der Waals surface area contributed by atoms with Gasteiger partial charge < -0.3 is 15.0 Å². The lowest BCUT2D eigenvalue weighted by Gasteiger charge is -2.32. The van der Waals surface area contributed by atoms with Gasteiger partial charge in [0.1, 0.15) is 5.75 Å². The van der Waals surface area contributed by atoms with Crippen LogP contribution in [0.3, 0.4) is 0 Å². The predicted octanol–water partition coefficient (Wildman–Crippen LogP) is 5.48. The van der Waals surface area contributed by atoms with Crippen molar-refractivity contribution in [3.05, 3.63) is 59.7 Å². The van der Waals surface area contributed by atoms with Gasteiger partial charge in [0.05, 0.1) is 6.04 Å². The first-order valence-corrected chi connectivity index (χ1v) is 11.1. The molecule has 1 saturated heterocycles. The number of carbonyl (C=O) groups excluding carboxylic acids is 1. The molecular weight excluding hydrogens is 372 g/mol. The third-order valence-electron chi connectivity index (χ3n) is 5.97. The van der Waals surface area contributed by atoms with E-state index in [0.29, 0.717) is 0 Å². The number of hydrogen-bond donors (Lipinski definition) is 1. The molecule has 1 heterocycles. The summed E-state index contributed by atoms with van der Waals surface area (Å²) in [4.78, 5) is 14.9. The normalized spacial score (nSPS) is 16.2. The van der Waals surface area contributed by atoms with Crippen molar-refractivity contribution in [2.24, 2.45) is 5.92 Å². The molecule has 1 N–H and O–H groups in total. The Hall–Kier alpha value is -2.49. The number of rotatable bonds is 6. The fourth-order valence-corrected chi connectivity index (χ4v) is 3.96. The van der Waals surface area contributed by atoms with Crippen LogP contribution in [0.15, 0.2) is 48.5 Å². The summed E-state index contributed by atoms with van der Waals surface area (Å²) in [5.41, 5.74) is 3.45. The molecule has 1 aliphatic heterocycles. The van der Waals surface area contributed by atoms with Gasteiger partial charge in [-0.15, -0.1) is 0 Å². The van der Waals surface area contributed by atoms with Gasteiger partial charge in [-0.25, -0.2) is 0 Å². The summed E-state index contributed by atoms with van der Waals surface area (Å²) < 4.78 is 5.85. The Bertz CT molecular complexity index is 831. The van der Waals surface area contributed by atoms with Crippen molar-refractivity contribution >= 4 is 11.6 Å². The fraction of sp³-hybridized carbons (Fsp3) is 0.500. The number of amides is 1. The fourth-order valence-electron chi connectivity index (χ4n) is 3.96. The van der Waals surface area contributed by atoms with Gasteiger partial charge in [-0.2, -0.15) is 0 Å². The van der Waals surface area contributed by atoms with Crippen LogP contribution >= 0.6 is 0 Å². The average Bonchev–Trinajstić information content (AvgIpc) is 2.72. The first-order chi connectivity index (χ1) is 14.2. The maximum atomic E-state index is 12.5. The van der Waals surface area contributed by atoms with Crippen LogP contribution in [-0.4, -0.2) is 25.6 Å². The third-order valence-corrected chi connectivity index (χ3v) is 5.97. The number of piperidine rings is 1. The van der Waals surface area contributed by atoms with Crippen molar-refractivity contribution in [2.45, 2.75) is 58.9 Å². The topological polar surface area (TPSA) is 41.6 Å². The zero-order valence-electron chi connectivity index (χ0n) is 19.1. The number of nitrogens with zero attached hydrogens (tertiary/aromatic N) is 1. The summed E-state index contributed by atoms with van der Waals surface area (Å²) in [5, 5.41) is 3.05. The molecule has 0 saturated carbocycles. The van der Waals surface area contributed by atoms with Crippen LogP contribution in [-0.2, 0) is 10.2 Å². The zero-order chi connectivity index (χ0) is 21.7. The number of hydrogen-bond acceptors (Lipinski definition) is 3. The third kappa shape index (κ3) is 5.78. The molecule has 1 amide bonds. The Morgan fingerprint density at radius 1 is 1.10 bits per heavy atom. The van der Waals surface area contributed by atoms with Crippen molar-refractivity contribution in [1.29, 1.82) is 0 Å². The van der Waals surface area contributed by atoms with Gasteiger partial charge in [-0.1, -0.05) is 58.0 Å². The minimum absolute atomic E-state index is 0.0154. The number of para-hydroxylation sites is 1. The molecule has 1 aliphatic rings. The van der Waals surface area contributed by atoms with E-state index in [4.69, 9.17) is 4.74 Å². The maximum Gasteiger partial charge on any atom is 0.258 e. The molecule has 4 heteroatoms. The van der Waals surface area contributed by atoms with E-state index in [1.54, 1.807) is 0 Å². The Morgan fingerprint density at radius 3 is 2.37 bits per heavy atom. The molecule has 3 rings (SSSR count). The molecule has 1 fully saturated rings. The van der Waals surface area contributed by atoms with E-state index in [-0.39, 0.29) is 24.0 Å². The van der Waals surface area contributed by atoms with E-state index < -0.39 is 0 Å². The highest BCUT2D eigenvalue weighted by Crippen LogP contribution is 2.31. The minimum Gasteiger partial charge on any atom is -0.483 e. The van der Waals surface area contributed by atoms with E-state index in [1.807, 2.05) is 25.1 Å². The molecule has 0 aromatic heterocycles. The summed E-state index contributed by atoms with van der Waals surface area (Å²) in [7, 11) is 0. The molecule has 4 nitrogen and oxygen atoms in total. The molecule has 2 aromatic rings. The smallest absolute Gasteiger partial charge is 0.258 e. The van der Waals surface area contributed by atoms with Crippen LogP contribution in [0, 0.1) is 5.92 Å². The molecule has 0 aliphatic carbocycles. The number of benzene rings is 2.